The molecule has 0 amide bonds. The van der Waals surface area contributed by atoms with Crippen LogP contribution in [0.1, 0.15) is 6.92 Å². The molecule has 0 bridgehead atoms. The van der Waals surface area contributed by atoms with Crippen LogP contribution in [0.3, 0.4) is 0 Å². The summed E-state index contributed by atoms with van der Waals surface area (Å²) in [5.74, 6) is 0.979. The third-order valence-corrected chi connectivity index (χ3v) is 1.38. The van der Waals surface area contributed by atoms with Crippen molar-refractivity contribution in [3.05, 3.63) is 12.7 Å². The van der Waals surface area contributed by atoms with Crippen molar-refractivity contribution < 1.29 is 0 Å². The predicted octanol–water partition coefficient (Wildman–Crippen LogP) is 1.86. The fourth-order valence-electron chi connectivity index (χ4n) is 0.348. The second-order valence-electron chi connectivity index (χ2n) is 1.40. The van der Waals surface area contributed by atoms with Crippen LogP contribution in [-0.4, -0.2) is 17.5 Å². The first-order valence-corrected chi connectivity index (χ1v) is 3.83. The number of aliphatic imine (C=N–C) groups is 1. The summed E-state index contributed by atoms with van der Waals surface area (Å²) in [4.78, 5) is 3.97. The molecule has 0 fully saturated rings. The molecule has 0 spiro atoms. The molecule has 0 aromatic carbocycles. The van der Waals surface area contributed by atoms with Crippen LogP contribution >= 0.6 is 35.7 Å². The number of hydrogen-bond acceptors (Lipinski definition) is 2. The van der Waals surface area contributed by atoms with Crippen LogP contribution in [0.2, 0.25) is 0 Å². The standard InChI is InChI=1S/C6H12N2S.HI/c1-3-5-8-6(7)9-4-2;/h3H,1,4-5H2,2H3,(H2,7,8);1H. The highest BCUT2D eigenvalue weighted by atomic mass is 127. The Morgan fingerprint density at radius 2 is 2.40 bits per heavy atom. The van der Waals surface area contributed by atoms with Crippen molar-refractivity contribution in [3.8, 4) is 0 Å². The Hall–Kier alpha value is 0.290. The summed E-state index contributed by atoms with van der Waals surface area (Å²) in [7, 11) is 0. The molecule has 4 heteroatoms. The Morgan fingerprint density at radius 3 is 2.80 bits per heavy atom. The molecule has 0 saturated carbocycles. The van der Waals surface area contributed by atoms with Crippen molar-refractivity contribution in [1.82, 2.24) is 0 Å². The number of thioether (sulfide) groups is 1. The van der Waals surface area contributed by atoms with Gasteiger partial charge in [0, 0.05) is 0 Å². The maximum absolute atomic E-state index is 5.44. The molecule has 0 aliphatic heterocycles. The van der Waals surface area contributed by atoms with E-state index in [9.17, 15) is 0 Å². The van der Waals surface area contributed by atoms with E-state index in [0.717, 1.165) is 5.75 Å². The van der Waals surface area contributed by atoms with E-state index < -0.39 is 0 Å². The summed E-state index contributed by atoms with van der Waals surface area (Å²) in [6.45, 7) is 6.19. The summed E-state index contributed by atoms with van der Waals surface area (Å²) in [6, 6.07) is 0. The smallest absolute Gasteiger partial charge is 0.154 e. The molecule has 0 rings (SSSR count). The van der Waals surface area contributed by atoms with E-state index in [1.807, 2.05) is 6.92 Å². The number of nitrogens with zero attached hydrogens (tertiary/aromatic N) is 1. The van der Waals surface area contributed by atoms with E-state index in [-0.39, 0.29) is 24.0 Å². The lowest BCUT2D eigenvalue weighted by Crippen LogP contribution is -2.06. The van der Waals surface area contributed by atoms with Gasteiger partial charge < -0.3 is 5.73 Å². The van der Waals surface area contributed by atoms with E-state index in [1.54, 1.807) is 17.8 Å². The predicted molar refractivity (Wildman–Crippen MR) is 60.2 cm³/mol. The molecular weight excluding hydrogens is 259 g/mol. The molecule has 2 nitrogen and oxygen atoms in total. The molecule has 60 valence electrons. The molecule has 0 atom stereocenters. The maximum Gasteiger partial charge on any atom is 0.154 e. The molecule has 0 aromatic rings. The first-order chi connectivity index (χ1) is 4.31. The van der Waals surface area contributed by atoms with Crippen LogP contribution in [0, 0.1) is 0 Å². The van der Waals surface area contributed by atoms with Gasteiger partial charge in [-0.3, -0.25) is 4.99 Å². The highest BCUT2D eigenvalue weighted by Gasteiger charge is 1.85. The number of halogens is 1. The average molecular weight is 272 g/mol. The van der Waals surface area contributed by atoms with Crippen LogP contribution in [0.15, 0.2) is 17.6 Å². The Labute approximate surface area is 83.4 Å². The molecule has 0 heterocycles. The van der Waals surface area contributed by atoms with Crippen LogP contribution < -0.4 is 5.73 Å². The van der Waals surface area contributed by atoms with Gasteiger partial charge in [-0.25, -0.2) is 0 Å². The van der Waals surface area contributed by atoms with Gasteiger partial charge in [0.2, 0.25) is 0 Å². The minimum atomic E-state index is 0. The first kappa shape index (κ1) is 12.9. The van der Waals surface area contributed by atoms with Crippen molar-refractivity contribution in [2.45, 2.75) is 6.92 Å². The van der Waals surface area contributed by atoms with E-state index in [0.29, 0.717) is 11.7 Å². The van der Waals surface area contributed by atoms with Gasteiger partial charge in [-0.2, -0.15) is 0 Å². The van der Waals surface area contributed by atoms with Gasteiger partial charge >= 0.3 is 0 Å². The Morgan fingerprint density at radius 1 is 1.80 bits per heavy atom. The number of amidine groups is 1. The quantitative estimate of drug-likeness (QED) is 0.368. The highest BCUT2D eigenvalue weighted by molar-refractivity contribution is 14.0. The van der Waals surface area contributed by atoms with Crippen molar-refractivity contribution in [2.24, 2.45) is 10.7 Å². The lowest BCUT2D eigenvalue weighted by atomic mass is 10.7. The molecule has 2 N–H and O–H groups in total. The fourth-order valence-corrected chi connectivity index (χ4v) is 0.810. The highest BCUT2D eigenvalue weighted by Crippen LogP contribution is 1.96. The second-order valence-corrected chi connectivity index (χ2v) is 2.68. The normalized spacial score (nSPS) is 10.3. The van der Waals surface area contributed by atoms with Crippen molar-refractivity contribution in [2.75, 3.05) is 12.3 Å². The van der Waals surface area contributed by atoms with Crippen LogP contribution in [0.4, 0.5) is 0 Å². The fraction of sp³-hybridized carbons (Fsp3) is 0.500. The number of rotatable bonds is 3. The third-order valence-electron chi connectivity index (χ3n) is 0.668. The van der Waals surface area contributed by atoms with Crippen molar-refractivity contribution in [1.29, 1.82) is 0 Å². The van der Waals surface area contributed by atoms with E-state index in [1.165, 1.54) is 0 Å². The van der Waals surface area contributed by atoms with Crippen molar-refractivity contribution >= 4 is 40.9 Å². The zero-order chi connectivity index (χ0) is 7.11. The summed E-state index contributed by atoms with van der Waals surface area (Å²) >= 11 is 1.55. The second kappa shape index (κ2) is 9.29. The first-order valence-electron chi connectivity index (χ1n) is 2.84. The summed E-state index contributed by atoms with van der Waals surface area (Å²) in [5.41, 5.74) is 5.44. The Balaban J connectivity index is 0. The van der Waals surface area contributed by atoms with Gasteiger partial charge in [0.25, 0.3) is 0 Å². The minimum Gasteiger partial charge on any atom is -0.379 e. The Kier molecular flexibility index (Phi) is 12.0. The van der Waals surface area contributed by atoms with Gasteiger partial charge in [0.15, 0.2) is 5.17 Å². The van der Waals surface area contributed by atoms with Crippen molar-refractivity contribution in [3.63, 3.8) is 0 Å². The zero-order valence-electron chi connectivity index (χ0n) is 6.04. The lowest BCUT2D eigenvalue weighted by molar-refractivity contribution is 1.25. The number of nitrogens with two attached hydrogens (primary N) is 1. The molecule has 10 heavy (non-hydrogen) atoms. The van der Waals surface area contributed by atoms with Crippen LogP contribution in [0.5, 0.6) is 0 Å². The topological polar surface area (TPSA) is 38.4 Å². The van der Waals surface area contributed by atoms with Gasteiger partial charge in [-0.1, -0.05) is 24.8 Å². The summed E-state index contributed by atoms with van der Waals surface area (Å²) in [5, 5.41) is 0.650. The molecule has 0 aromatic heterocycles. The number of hydrogen-bond donors (Lipinski definition) is 1. The zero-order valence-corrected chi connectivity index (χ0v) is 9.19. The van der Waals surface area contributed by atoms with Gasteiger partial charge in [0.05, 0.1) is 6.54 Å². The molecule has 0 saturated heterocycles. The third kappa shape index (κ3) is 8.29. The van der Waals surface area contributed by atoms with E-state index >= 15 is 0 Å². The van der Waals surface area contributed by atoms with E-state index in [2.05, 4.69) is 11.6 Å². The lowest BCUT2D eigenvalue weighted by Gasteiger charge is -1.93. The molecule has 0 aliphatic carbocycles. The SMILES string of the molecule is C=CCN=C(N)SCC.I. The molecule has 0 radical (unpaired) electrons. The van der Waals surface area contributed by atoms with Gasteiger partial charge in [-0.05, 0) is 5.75 Å². The van der Waals surface area contributed by atoms with Gasteiger partial charge in [-0.15, -0.1) is 30.6 Å². The minimum absolute atomic E-state index is 0. The molecule has 0 unspecified atom stereocenters. The average Bonchev–Trinajstić information content (AvgIpc) is 1.85. The molecular formula is C6H13IN2S. The molecule has 0 aliphatic rings. The largest absolute Gasteiger partial charge is 0.379 e. The van der Waals surface area contributed by atoms with Crippen LogP contribution in [0.25, 0.3) is 0 Å². The maximum atomic E-state index is 5.44. The summed E-state index contributed by atoms with van der Waals surface area (Å²) < 4.78 is 0. The Bertz CT molecular complexity index is 114. The van der Waals surface area contributed by atoms with Gasteiger partial charge in [0.1, 0.15) is 0 Å². The van der Waals surface area contributed by atoms with E-state index in [4.69, 9.17) is 5.73 Å². The summed E-state index contributed by atoms with van der Waals surface area (Å²) in [6.07, 6.45) is 1.73. The van der Waals surface area contributed by atoms with Crippen LogP contribution in [-0.2, 0) is 0 Å². The monoisotopic (exact) mass is 272 g/mol.